The van der Waals surface area contributed by atoms with E-state index in [9.17, 15) is 4.79 Å². The van der Waals surface area contributed by atoms with Gasteiger partial charge in [0.2, 0.25) is 0 Å². The summed E-state index contributed by atoms with van der Waals surface area (Å²) < 4.78 is 0. The lowest BCUT2D eigenvalue weighted by molar-refractivity contribution is 0.0951. The van der Waals surface area contributed by atoms with Gasteiger partial charge in [-0.05, 0) is 50.3 Å². The summed E-state index contributed by atoms with van der Waals surface area (Å²) in [6, 6.07) is 18.1. The summed E-state index contributed by atoms with van der Waals surface area (Å²) in [5.74, 6) is 1.76. The van der Waals surface area contributed by atoms with Crippen LogP contribution in [0.5, 0.6) is 0 Å². The van der Waals surface area contributed by atoms with Gasteiger partial charge in [-0.3, -0.25) is 4.79 Å². The first-order chi connectivity index (χ1) is 14.2. The van der Waals surface area contributed by atoms with Crippen molar-refractivity contribution in [3.8, 4) is 11.4 Å². The highest BCUT2D eigenvalue weighted by Crippen LogP contribution is 2.30. The largest absolute Gasteiger partial charge is 0.352 e. The van der Waals surface area contributed by atoms with E-state index >= 15 is 0 Å². The van der Waals surface area contributed by atoms with Crippen molar-refractivity contribution in [2.45, 2.75) is 26.7 Å². The van der Waals surface area contributed by atoms with Gasteiger partial charge in [-0.2, -0.15) is 0 Å². The molecular weight excluding hydrogens is 360 g/mol. The van der Waals surface area contributed by atoms with E-state index < -0.39 is 0 Å². The van der Waals surface area contributed by atoms with Crippen molar-refractivity contribution in [3.63, 3.8) is 0 Å². The highest BCUT2D eigenvalue weighted by molar-refractivity contribution is 5.99. The third-order valence-corrected chi connectivity index (χ3v) is 5.18. The van der Waals surface area contributed by atoms with E-state index in [0.717, 1.165) is 23.4 Å². The molecule has 0 spiro atoms. The second-order valence-corrected chi connectivity index (χ2v) is 7.53. The van der Waals surface area contributed by atoms with E-state index in [-0.39, 0.29) is 5.91 Å². The molecule has 1 N–H and O–H groups in total. The molecule has 148 valence electrons. The Morgan fingerprint density at radius 1 is 1.14 bits per heavy atom. The first kappa shape index (κ1) is 19.1. The van der Waals surface area contributed by atoms with E-state index in [1.807, 2.05) is 42.5 Å². The molecule has 1 heterocycles. The molecule has 5 heteroatoms. The fourth-order valence-electron chi connectivity index (χ4n) is 3.37. The smallest absolute Gasteiger partial charge is 0.256 e. The van der Waals surface area contributed by atoms with E-state index in [4.69, 9.17) is 4.98 Å². The van der Waals surface area contributed by atoms with Gasteiger partial charge in [-0.1, -0.05) is 42.5 Å². The number of aryl methyl sites for hydroxylation is 1. The molecule has 2 aromatic carbocycles. The fraction of sp³-hybridized carbons (Fsp3) is 0.292. The second-order valence-electron chi connectivity index (χ2n) is 7.53. The zero-order valence-electron chi connectivity index (χ0n) is 16.9. The Hall–Kier alpha value is -3.21. The van der Waals surface area contributed by atoms with Gasteiger partial charge in [0, 0.05) is 30.5 Å². The highest BCUT2D eigenvalue weighted by Gasteiger charge is 2.25. The van der Waals surface area contributed by atoms with Crippen molar-refractivity contribution in [1.29, 1.82) is 0 Å². The van der Waals surface area contributed by atoms with Gasteiger partial charge in [0.1, 0.15) is 11.4 Å². The van der Waals surface area contributed by atoms with Crippen LogP contribution in [-0.4, -0.2) is 29.0 Å². The Morgan fingerprint density at radius 2 is 1.93 bits per heavy atom. The zero-order chi connectivity index (χ0) is 20.2. The maximum absolute atomic E-state index is 12.9. The Kier molecular flexibility index (Phi) is 5.56. The summed E-state index contributed by atoms with van der Waals surface area (Å²) in [6.07, 6.45) is 4.05. The van der Waals surface area contributed by atoms with Crippen LogP contribution in [0.4, 0.5) is 11.5 Å². The van der Waals surface area contributed by atoms with Crippen LogP contribution in [-0.2, 0) is 0 Å². The molecule has 0 radical (unpaired) electrons. The molecule has 0 atom stereocenters. The van der Waals surface area contributed by atoms with Crippen molar-refractivity contribution in [1.82, 2.24) is 15.3 Å². The van der Waals surface area contributed by atoms with Crippen LogP contribution < -0.4 is 10.2 Å². The van der Waals surface area contributed by atoms with Gasteiger partial charge >= 0.3 is 0 Å². The number of benzene rings is 2. The maximum atomic E-state index is 12.9. The first-order valence-electron chi connectivity index (χ1n) is 10.2. The standard InChI is InChI=1S/C24H26N4O/c1-3-28(20-11-7-8-17(2)14-20)23-21(24(29)26-15-18-12-13-18)16-25-22(27-23)19-9-5-4-6-10-19/h4-11,14,16,18H,3,12-13,15H2,1-2H3,(H,26,29). The molecule has 0 unspecified atom stereocenters. The van der Waals surface area contributed by atoms with Crippen LogP contribution in [0.1, 0.15) is 35.7 Å². The Balaban J connectivity index is 1.76. The maximum Gasteiger partial charge on any atom is 0.256 e. The molecule has 1 amide bonds. The van der Waals surface area contributed by atoms with Gasteiger partial charge in [0.05, 0.1) is 0 Å². The molecule has 4 rings (SSSR count). The first-order valence-corrected chi connectivity index (χ1v) is 10.2. The molecule has 29 heavy (non-hydrogen) atoms. The molecule has 1 saturated carbocycles. The lowest BCUT2D eigenvalue weighted by Gasteiger charge is -2.25. The number of hydrogen-bond acceptors (Lipinski definition) is 4. The van der Waals surface area contributed by atoms with Crippen molar-refractivity contribution in [2.24, 2.45) is 5.92 Å². The SMILES string of the molecule is CCN(c1cccc(C)c1)c1nc(-c2ccccc2)ncc1C(=O)NCC1CC1. The summed E-state index contributed by atoms with van der Waals surface area (Å²) in [4.78, 5) is 24.4. The molecule has 3 aromatic rings. The highest BCUT2D eigenvalue weighted by atomic mass is 16.1. The van der Waals surface area contributed by atoms with Gasteiger partial charge in [0.25, 0.3) is 5.91 Å². The third kappa shape index (κ3) is 4.45. The lowest BCUT2D eigenvalue weighted by Crippen LogP contribution is -2.29. The molecular formula is C24H26N4O. The minimum Gasteiger partial charge on any atom is -0.352 e. The van der Waals surface area contributed by atoms with Crippen LogP contribution in [0.3, 0.4) is 0 Å². The van der Waals surface area contributed by atoms with Gasteiger partial charge in [0.15, 0.2) is 5.82 Å². The summed E-state index contributed by atoms with van der Waals surface area (Å²) in [5.41, 5.74) is 3.62. The van der Waals surface area contributed by atoms with Crippen molar-refractivity contribution >= 4 is 17.4 Å². The average Bonchev–Trinajstić information content (AvgIpc) is 3.58. The van der Waals surface area contributed by atoms with Crippen molar-refractivity contribution in [3.05, 3.63) is 71.9 Å². The predicted octanol–water partition coefficient (Wildman–Crippen LogP) is 4.75. The molecule has 0 saturated heterocycles. The number of aromatic nitrogens is 2. The minimum atomic E-state index is -0.113. The number of carbonyl (C=O) groups is 1. The summed E-state index contributed by atoms with van der Waals surface area (Å²) in [6.45, 7) is 5.54. The Morgan fingerprint density at radius 3 is 2.62 bits per heavy atom. The van der Waals surface area contributed by atoms with E-state index in [1.165, 1.54) is 12.8 Å². The number of nitrogens with one attached hydrogen (secondary N) is 1. The number of carbonyl (C=O) groups excluding carboxylic acids is 1. The molecule has 0 bridgehead atoms. The number of anilines is 2. The predicted molar refractivity (Wildman–Crippen MR) is 116 cm³/mol. The Labute approximate surface area is 171 Å². The fourth-order valence-corrected chi connectivity index (χ4v) is 3.37. The van der Waals surface area contributed by atoms with E-state index in [0.29, 0.717) is 29.7 Å². The van der Waals surface area contributed by atoms with Gasteiger partial charge in [-0.25, -0.2) is 9.97 Å². The minimum absolute atomic E-state index is 0.113. The summed E-state index contributed by atoms with van der Waals surface area (Å²) >= 11 is 0. The zero-order valence-corrected chi connectivity index (χ0v) is 16.9. The normalized spacial score (nSPS) is 13.2. The summed E-state index contributed by atoms with van der Waals surface area (Å²) in [7, 11) is 0. The van der Waals surface area contributed by atoms with Crippen LogP contribution in [0.25, 0.3) is 11.4 Å². The van der Waals surface area contributed by atoms with Crippen LogP contribution >= 0.6 is 0 Å². The molecule has 1 fully saturated rings. The van der Waals surface area contributed by atoms with Crippen LogP contribution in [0.15, 0.2) is 60.8 Å². The second kappa shape index (κ2) is 8.43. The van der Waals surface area contributed by atoms with Gasteiger partial charge in [-0.15, -0.1) is 0 Å². The number of amides is 1. The molecule has 1 aliphatic rings. The molecule has 0 aliphatic heterocycles. The number of hydrogen-bond donors (Lipinski definition) is 1. The quantitative estimate of drug-likeness (QED) is 0.637. The Bertz CT molecular complexity index is 999. The van der Waals surface area contributed by atoms with E-state index in [1.54, 1.807) is 6.20 Å². The molecule has 1 aliphatic carbocycles. The monoisotopic (exact) mass is 386 g/mol. The molecule has 1 aromatic heterocycles. The lowest BCUT2D eigenvalue weighted by atomic mass is 10.1. The van der Waals surface area contributed by atoms with Crippen molar-refractivity contribution in [2.75, 3.05) is 18.0 Å². The third-order valence-electron chi connectivity index (χ3n) is 5.18. The van der Waals surface area contributed by atoms with Gasteiger partial charge < -0.3 is 10.2 Å². The van der Waals surface area contributed by atoms with Crippen LogP contribution in [0.2, 0.25) is 0 Å². The van der Waals surface area contributed by atoms with E-state index in [2.05, 4.69) is 41.2 Å². The molecule has 5 nitrogen and oxygen atoms in total. The number of nitrogens with zero attached hydrogens (tertiary/aromatic N) is 3. The topological polar surface area (TPSA) is 58.1 Å². The summed E-state index contributed by atoms with van der Waals surface area (Å²) in [5, 5.41) is 3.06. The number of rotatable bonds is 7. The van der Waals surface area contributed by atoms with Crippen LogP contribution in [0, 0.1) is 12.8 Å². The van der Waals surface area contributed by atoms with Crippen molar-refractivity contribution < 1.29 is 4.79 Å². The average molecular weight is 386 g/mol.